The number of benzene rings is 2. The molecular weight excluding hydrogens is 378 g/mol. The molecule has 0 amide bonds. The SMILES string of the molecule is CCC1=Cc2cc3nccc(Nc4ccc5scnc5c4)c3cc2S1(=O)=O. The Morgan fingerprint density at radius 1 is 1.07 bits per heavy atom. The van der Waals surface area contributed by atoms with Gasteiger partial charge in [0.2, 0.25) is 9.84 Å². The van der Waals surface area contributed by atoms with Gasteiger partial charge in [0.05, 0.1) is 26.1 Å². The molecule has 2 aromatic heterocycles. The van der Waals surface area contributed by atoms with Crippen LogP contribution in [0.5, 0.6) is 0 Å². The smallest absolute Gasteiger partial charge is 0.203 e. The molecule has 1 aliphatic rings. The highest BCUT2D eigenvalue weighted by molar-refractivity contribution is 7.95. The molecule has 1 aliphatic heterocycles. The second kappa shape index (κ2) is 5.87. The van der Waals surface area contributed by atoms with Crippen molar-refractivity contribution in [3.05, 3.63) is 58.6 Å². The molecule has 7 heteroatoms. The molecule has 0 radical (unpaired) electrons. The van der Waals surface area contributed by atoms with Crippen LogP contribution in [0, 0.1) is 0 Å². The number of nitrogens with one attached hydrogen (secondary N) is 1. The number of nitrogens with zero attached hydrogens (tertiary/aromatic N) is 2. The van der Waals surface area contributed by atoms with E-state index in [1.54, 1.807) is 29.7 Å². The molecule has 0 aliphatic carbocycles. The van der Waals surface area contributed by atoms with Crippen molar-refractivity contribution >= 4 is 59.7 Å². The first-order chi connectivity index (χ1) is 13.1. The first-order valence-corrected chi connectivity index (χ1v) is 10.9. The van der Waals surface area contributed by atoms with E-state index in [9.17, 15) is 8.42 Å². The van der Waals surface area contributed by atoms with Gasteiger partial charge in [-0.25, -0.2) is 13.4 Å². The fourth-order valence-corrected chi connectivity index (χ4v) is 5.72. The summed E-state index contributed by atoms with van der Waals surface area (Å²) >= 11 is 1.60. The minimum absolute atomic E-state index is 0.359. The van der Waals surface area contributed by atoms with Gasteiger partial charge in [0.25, 0.3) is 0 Å². The first-order valence-electron chi connectivity index (χ1n) is 8.55. The Morgan fingerprint density at radius 3 is 2.81 bits per heavy atom. The molecular formula is C20H15N3O2S2. The number of fused-ring (bicyclic) bond motifs is 3. The Kier molecular flexibility index (Phi) is 3.57. The molecule has 0 unspecified atom stereocenters. The number of sulfone groups is 1. The van der Waals surface area contributed by atoms with Gasteiger partial charge in [-0.1, -0.05) is 6.92 Å². The molecule has 134 valence electrons. The fourth-order valence-electron chi connectivity index (χ4n) is 3.42. The molecule has 4 aromatic rings. The van der Waals surface area contributed by atoms with Crippen molar-refractivity contribution in [3.63, 3.8) is 0 Å². The molecule has 3 heterocycles. The quantitative estimate of drug-likeness (QED) is 0.523. The topological polar surface area (TPSA) is 72.0 Å². The summed E-state index contributed by atoms with van der Waals surface area (Å²) in [4.78, 5) is 9.59. The zero-order chi connectivity index (χ0) is 18.6. The molecule has 0 bridgehead atoms. The summed E-state index contributed by atoms with van der Waals surface area (Å²) < 4.78 is 26.6. The fraction of sp³-hybridized carbons (Fsp3) is 0.100. The van der Waals surface area contributed by atoms with E-state index in [2.05, 4.69) is 15.3 Å². The Labute approximate surface area is 160 Å². The van der Waals surface area contributed by atoms with Gasteiger partial charge in [0, 0.05) is 27.9 Å². The van der Waals surface area contributed by atoms with Crippen molar-refractivity contribution in [1.82, 2.24) is 9.97 Å². The maximum Gasteiger partial charge on any atom is 0.203 e. The zero-order valence-corrected chi connectivity index (χ0v) is 16.1. The zero-order valence-electron chi connectivity index (χ0n) is 14.4. The van der Waals surface area contributed by atoms with Crippen molar-refractivity contribution in [2.75, 3.05) is 5.32 Å². The number of hydrogen-bond donors (Lipinski definition) is 1. The Morgan fingerprint density at radius 2 is 1.96 bits per heavy atom. The second-order valence-corrected chi connectivity index (χ2v) is 9.25. The van der Waals surface area contributed by atoms with Gasteiger partial charge in [0.1, 0.15) is 0 Å². The van der Waals surface area contributed by atoms with Crippen LogP contribution in [0.2, 0.25) is 0 Å². The van der Waals surface area contributed by atoms with Gasteiger partial charge in [-0.2, -0.15) is 0 Å². The largest absolute Gasteiger partial charge is 0.355 e. The number of thiazole rings is 1. The first kappa shape index (κ1) is 16.4. The van der Waals surface area contributed by atoms with Crippen LogP contribution in [0.25, 0.3) is 27.2 Å². The molecule has 27 heavy (non-hydrogen) atoms. The molecule has 0 spiro atoms. The average Bonchev–Trinajstić information content (AvgIpc) is 3.22. The van der Waals surface area contributed by atoms with Crippen LogP contribution in [0.3, 0.4) is 0 Å². The maximum absolute atomic E-state index is 12.7. The minimum atomic E-state index is -3.40. The normalized spacial score (nSPS) is 15.1. The summed E-state index contributed by atoms with van der Waals surface area (Å²) in [6, 6.07) is 11.4. The van der Waals surface area contributed by atoms with E-state index in [1.807, 2.05) is 42.8 Å². The van der Waals surface area contributed by atoms with Crippen LogP contribution in [0.4, 0.5) is 11.4 Å². The summed E-state index contributed by atoms with van der Waals surface area (Å²) in [5.74, 6) is 0. The van der Waals surface area contributed by atoms with E-state index in [0.717, 1.165) is 32.5 Å². The van der Waals surface area contributed by atoms with Gasteiger partial charge in [0.15, 0.2) is 0 Å². The number of rotatable bonds is 3. The third-order valence-corrected chi connectivity index (χ3v) is 7.62. The van der Waals surface area contributed by atoms with Crippen LogP contribution in [0.15, 0.2) is 57.9 Å². The van der Waals surface area contributed by atoms with Crippen molar-refractivity contribution in [3.8, 4) is 0 Å². The van der Waals surface area contributed by atoms with Crippen molar-refractivity contribution in [1.29, 1.82) is 0 Å². The lowest BCUT2D eigenvalue weighted by atomic mass is 10.1. The summed E-state index contributed by atoms with van der Waals surface area (Å²) in [5, 5.41) is 4.17. The monoisotopic (exact) mass is 393 g/mol. The summed E-state index contributed by atoms with van der Waals surface area (Å²) in [5.41, 5.74) is 5.95. The van der Waals surface area contributed by atoms with Crippen molar-refractivity contribution < 1.29 is 8.42 Å². The maximum atomic E-state index is 12.7. The van der Waals surface area contributed by atoms with Crippen LogP contribution >= 0.6 is 11.3 Å². The van der Waals surface area contributed by atoms with Gasteiger partial charge in [-0.05, 0) is 54.5 Å². The van der Waals surface area contributed by atoms with Crippen LogP contribution in [-0.4, -0.2) is 18.4 Å². The number of allylic oxidation sites excluding steroid dienone is 1. The second-order valence-electron chi connectivity index (χ2n) is 6.39. The highest BCUT2D eigenvalue weighted by atomic mass is 32.2. The van der Waals surface area contributed by atoms with Crippen LogP contribution in [-0.2, 0) is 9.84 Å². The van der Waals surface area contributed by atoms with Gasteiger partial charge < -0.3 is 5.32 Å². The van der Waals surface area contributed by atoms with E-state index < -0.39 is 9.84 Å². The highest BCUT2D eigenvalue weighted by Crippen LogP contribution is 2.38. The lowest BCUT2D eigenvalue weighted by molar-refractivity contribution is 0.602. The van der Waals surface area contributed by atoms with E-state index in [0.29, 0.717) is 21.8 Å². The molecule has 1 N–H and O–H groups in total. The van der Waals surface area contributed by atoms with Crippen LogP contribution < -0.4 is 5.32 Å². The summed E-state index contributed by atoms with van der Waals surface area (Å²) in [6.45, 7) is 1.86. The highest BCUT2D eigenvalue weighted by Gasteiger charge is 2.29. The summed E-state index contributed by atoms with van der Waals surface area (Å²) in [6.07, 6.45) is 3.97. The molecule has 5 nitrogen and oxygen atoms in total. The minimum Gasteiger partial charge on any atom is -0.355 e. The Balaban J connectivity index is 1.64. The number of anilines is 2. The molecule has 0 saturated carbocycles. The van der Waals surface area contributed by atoms with Crippen molar-refractivity contribution in [2.45, 2.75) is 18.2 Å². The summed E-state index contributed by atoms with van der Waals surface area (Å²) in [7, 11) is -3.40. The van der Waals surface area contributed by atoms with E-state index >= 15 is 0 Å². The van der Waals surface area contributed by atoms with Gasteiger partial charge in [-0.3, -0.25) is 4.98 Å². The number of aromatic nitrogens is 2. The third kappa shape index (κ3) is 2.54. The lowest BCUT2D eigenvalue weighted by Gasteiger charge is -2.11. The standard InChI is InChI=1S/C20H15N3O2S2/c1-2-14-7-12-8-17-15(10-20(12)27(14,24)25)16(5-6-21-17)23-13-3-4-19-18(9-13)22-11-26-19/h3-11H,2H2,1H3,(H,21,23). The molecule has 0 atom stereocenters. The third-order valence-electron chi connectivity index (χ3n) is 4.78. The predicted octanol–water partition coefficient (Wildman–Crippen LogP) is 5.13. The van der Waals surface area contributed by atoms with E-state index in [4.69, 9.17) is 0 Å². The average molecular weight is 393 g/mol. The van der Waals surface area contributed by atoms with Gasteiger partial charge in [-0.15, -0.1) is 11.3 Å². The molecule has 5 rings (SSSR count). The lowest BCUT2D eigenvalue weighted by Crippen LogP contribution is -2.00. The van der Waals surface area contributed by atoms with E-state index in [1.165, 1.54) is 0 Å². The Hall–Kier alpha value is -2.77. The van der Waals surface area contributed by atoms with E-state index in [-0.39, 0.29) is 0 Å². The number of pyridine rings is 1. The molecule has 0 saturated heterocycles. The van der Waals surface area contributed by atoms with Crippen molar-refractivity contribution in [2.24, 2.45) is 0 Å². The predicted molar refractivity (Wildman–Crippen MR) is 110 cm³/mol. The number of hydrogen-bond acceptors (Lipinski definition) is 6. The molecule has 0 fully saturated rings. The Bertz CT molecular complexity index is 1350. The van der Waals surface area contributed by atoms with Gasteiger partial charge >= 0.3 is 0 Å². The van der Waals surface area contributed by atoms with Crippen LogP contribution in [0.1, 0.15) is 18.9 Å². The molecule has 2 aromatic carbocycles.